The Balaban J connectivity index is 1.97. The number of benzene rings is 2. The van der Waals surface area contributed by atoms with E-state index in [0.29, 0.717) is 12.2 Å². The average molecular weight is 322 g/mol. The van der Waals surface area contributed by atoms with E-state index in [2.05, 4.69) is 21.7 Å². The van der Waals surface area contributed by atoms with E-state index < -0.39 is 5.91 Å². The van der Waals surface area contributed by atoms with E-state index in [0.717, 1.165) is 29.4 Å². The molecule has 1 fully saturated rings. The molecule has 0 spiro atoms. The summed E-state index contributed by atoms with van der Waals surface area (Å²) >= 11 is 0. The van der Waals surface area contributed by atoms with Gasteiger partial charge in [-0.3, -0.25) is 4.79 Å². The van der Waals surface area contributed by atoms with Crippen molar-refractivity contribution in [2.75, 3.05) is 13.2 Å². The minimum absolute atomic E-state index is 0.232. The zero-order valence-electron chi connectivity index (χ0n) is 13.1. The third kappa shape index (κ3) is 2.32. The molecule has 1 amide bonds. The summed E-state index contributed by atoms with van der Waals surface area (Å²) in [6.45, 7) is 1.44. The second-order valence-electron chi connectivity index (χ2n) is 5.98. The molecule has 2 aromatic carbocycles. The Morgan fingerprint density at radius 2 is 1.92 bits per heavy atom. The molecule has 1 aliphatic heterocycles. The van der Waals surface area contributed by atoms with Crippen molar-refractivity contribution in [3.63, 3.8) is 0 Å². The molecule has 1 aromatic heterocycles. The molecule has 1 saturated heterocycles. The highest BCUT2D eigenvalue weighted by Gasteiger charge is 2.22. The topological polar surface area (TPSA) is 95.6 Å². The number of ether oxygens (including phenoxy) is 1. The standard InChI is InChI=1S/C18H18N4O2/c19-18(20)21-17(23)11-5-6-14-13-3-1-2-4-15(13)22(16(14)9-11)12-7-8-24-10-12/h1-6,9,12H,7-8,10H2,(H4,19,20,21,23)/t12-/m1/s1. The summed E-state index contributed by atoms with van der Waals surface area (Å²) in [6, 6.07) is 14.1. The van der Waals surface area contributed by atoms with Crippen LogP contribution in [0, 0.1) is 0 Å². The van der Waals surface area contributed by atoms with Crippen LogP contribution in [0.2, 0.25) is 0 Å². The third-order valence-electron chi connectivity index (χ3n) is 4.46. The maximum absolute atomic E-state index is 12.2. The van der Waals surface area contributed by atoms with Gasteiger partial charge < -0.3 is 20.8 Å². The van der Waals surface area contributed by atoms with Gasteiger partial charge in [0.25, 0.3) is 5.91 Å². The molecule has 122 valence electrons. The van der Waals surface area contributed by atoms with Gasteiger partial charge in [-0.05, 0) is 24.6 Å². The monoisotopic (exact) mass is 322 g/mol. The molecule has 6 nitrogen and oxygen atoms in total. The Labute approximate surface area is 138 Å². The summed E-state index contributed by atoms with van der Waals surface area (Å²) in [4.78, 5) is 15.8. The first kappa shape index (κ1) is 14.7. The molecule has 1 aliphatic rings. The fraction of sp³-hybridized carbons (Fsp3) is 0.222. The normalized spacial score (nSPS) is 17.4. The molecule has 0 radical (unpaired) electrons. The second kappa shape index (κ2) is 5.65. The highest BCUT2D eigenvalue weighted by atomic mass is 16.5. The molecule has 2 heterocycles. The van der Waals surface area contributed by atoms with Crippen molar-refractivity contribution < 1.29 is 9.53 Å². The van der Waals surface area contributed by atoms with Crippen LogP contribution in [0.3, 0.4) is 0 Å². The summed E-state index contributed by atoms with van der Waals surface area (Å²) < 4.78 is 7.83. The number of rotatable bonds is 2. The predicted octanol–water partition coefficient (Wildman–Crippen LogP) is 2.17. The Morgan fingerprint density at radius 3 is 2.67 bits per heavy atom. The summed E-state index contributed by atoms with van der Waals surface area (Å²) in [5.74, 6) is -0.666. The van der Waals surface area contributed by atoms with Gasteiger partial charge >= 0.3 is 0 Å². The van der Waals surface area contributed by atoms with Gasteiger partial charge in [-0.2, -0.15) is 4.99 Å². The number of fused-ring (bicyclic) bond motifs is 3. The number of nitrogens with zero attached hydrogens (tertiary/aromatic N) is 2. The smallest absolute Gasteiger partial charge is 0.280 e. The van der Waals surface area contributed by atoms with Crippen LogP contribution in [0.1, 0.15) is 22.8 Å². The van der Waals surface area contributed by atoms with Crippen molar-refractivity contribution in [3.05, 3.63) is 48.0 Å². The van der Waals surface area contributed by atoms with E-state index in [1.807, 2.05) is 24.3 Å². The van der Waals surface area contributed by atoms with Crippen LogP contribution in [0.25, 0.3) is 21.8 Å². The summed E-state index contributed by atoms with van der Waals surface area (Å²) in [5.41, 5.74) is 13.3. The average Bonchev–Trinajstić information content (AvgIpc) is 3.18. The van der Waals surface area contributed by atoms with Crippen molar-refractivity contribution >= 4 is 33.7 Å². The van der Waals surface area contributed by atoms with Gasteiger partial charge in [0.2, 0.25) is 0 Å². The van der Waals surface area contributed by atoms with Gasteiger partial charge in [0.1, 0.15) is 0 Å². The number of para-hydroxylation sites is 1. The van der Waals surface area contributed by atoms with E-state index in [4.69, 9.17) is 16.2 Å². The maximum atomic E-state index is 12.2. The first-order valence-electron chi connectivity index (χ1n) is 7.89. The quantitative estimate of drug-likeness (QED) is 0.558. The molecule has 0 saturated carbocycles. The molecular formula is C18H18N4O2. The highest BCUT2D eigenvalue weighted by Crippen LogP contribution is 2.35. The number of aliphatic imine (C=N–C) groups is 1. The Bertz CT molecular complexity index is 964. The number of carbonyl (C=O) groups is 1. The number of amides is 1. The fourth-order valence-corrected chi connectivity index (χ4v) is 3.43. The summed E-state index contributed by atoms with van der Waals surface area (Å²) in [5, 5.41) is 2.28. The Morgan fingerprint density at radius 1 is 1.12 bits per heavy atom. The fourth-order valence-electron chi connectivity index (χ4n) is 3.43. The minimum atomic E-state index is -0.434. The number of hydrogen-bond acceptors (Lipinski definition) is 2. The maximum Gasteiger partial charge on any atom is 0.280 e. The molecule has 1 atom stereocenters. The zero-order valence-corrected chi connectivity index (χ0v) is 13.1. The lowest BCUT2D eigenvalue weighted by Gasteiger charge is -2.14. The Kier molecular flexibility index (Phi) is 3.46. The van der Waals surface area contributed by atoms with Crippen LogP contribution in [0.5, 0.6) is 0 Å². The third-order valence-corrected chi connectivity index (χ3v) is 4.46. The van der Waals surface area contributed by atoms with Crippen LogP contribution in [0.15, 0.2) is 47.5 Å². The first-order chi connectivity index (χ1) is 11.6. The van der Waals surface area contributed by atoms with Crippen LogP contribution in [-0.4, -0.2) is 29.6 Å². The number of guanidine groups is 1. The van der Waals surface area contributed by atoms with Crippen molar-refractivity contribution in [2.24, 2.45) is 16.5 Å². The van der Waals surface area contributed by atoms with Crippen LogP contribution < -0.4 is 11.5 Å². The van der Waals surface area contributed by atoms with Crippen LogP contribution >= 0.6 is 0 Å². The molecule has 0 aliphatic carbocycles. The van der Waals surface area contributed by atoms with Crippen molar-refractivity contribution in [2.45, 2.75) is 12.5 Å². The lowest BCUT2D eigenvalue weighted by atomic mass is 10.1. The van der Waals surface area contributed by atoms with Gasteiger partial charge in [0, 0.05) is 28.5 Å². The van der Waals surface area contributed by atoms with Crippen LogP contribution in [0.4, 0.5) is 0 Å². The number of carbonyl (C=O) groups excluding carboxylic acids is 1. The van der Waals surface area contributed by atoms with Crippen molar-refractivity contribution in [1.82, 2.24) is 4.57 Å². The van der Waals surface area contributed by atoms with E-state index in [1.54, 1.807) is 6.07 Å². The lowest BCUT2D eigenvalue weighted by molar-refractivity contribution is 0.100. The molecule has 6 heteroatoms. The molecule has 4 rings (SSSR count). The van der Waals surface area contributed by atoms with E-state index in [1.165, 1.54) is 5.39 Å². The molecule has 24 heavy (non-hydrogen) atoms. The van der Waals surface area contributed by atoms with Gasteiger partial charge in [-0.1, -0.05) is 24.3 Å². The van der Waals surface area contributed by atoms with Gasteiger partial charge in [-0.15, -0.1) is 0 Å². The van der Waals surface area contributed by atoms with Gasteiger partial charge in [0.15, 0.2) is 5.96 Å². The largest absolute Gasteiger partial charge is 0.379 e. The summed E-state index contributed by atoms with van der Waals surface area (Å²) in [6.07, 6.45) is 0.958. The molecule has 3 aromatic rings. The number of aromatic nitrogens is 1. The van der Waals surface area contributed by atoms with E-state index in [9.17, 15) is 4.79 Å². The van der Waals surface area contributed by atoms with Crippen molar-refractivity contribution in [3.8, 4) is 0 Å². The van der Waals surface area contributed by atoms with E-state index >= 15 is 0 Å². The molecule has 0 unspecified atom stereocenters. The lowest BCUT2D eigenvalue weighted by Crippen LogP contribution is -2.24. The minimum Gasteiger partial charge on any atom is -0.379 e. The Hall–Kier alpha value is -2.86. The SMILES string of the molecule is NC(N)=NC(=O)c1ccc2c3ccccc3n([C@@H]3CCOC3)c2c1. The second-order valence-corrected chi connectivity index (χ2v) is 5.98. The predicted molar refractivity (Wildman–Crippen MR) is 94.1 cm³/mol. The number of hydrogen-bond donors (Lipinski definition) is 2. The van der Waals surface area contributed by atoms with E-state index in [-0.39, 0.29) is 12.0 Å². The first-order valence-corrected chi connectivity index (χ1v) is 7.89. The van der Waals surface area contributed by atoms with Gasteiger partial charge in [0.05, 0.1) is 18.2 Å². The van der Waals surface area contributed by atoms with Gasteiger partial charge in [-0.25, -0.2) is 0 Å². The summed E-state index contributed by atoms with van der Waals surface area (Å²) in [7, 11) is 0. The van der Waals surface area contributed by atoms with Crippen LogP contribution in [-0.2, 0) is 4.74 Å². The zero-order chi connectivity index (χ0) is 16.7. The molecule has 4 N–H and O–H groups in total. The molecule has 0 bridgehead atoms. The van der Waals surface area contributed by atoms with Crippen molar-refractivity contribution in [1.29, 1.82) is 0 Å². The highest BCUT2D eigenvalue weighted by molar-refractivity contribution is 6.11. The number of nitrogens with two attached hydrogens (primary N) is 2. The molecular weight excluding hydrogens is 304 g/mol.